The second-order valence-electron chi connectivity index (χ2n) is 4.99. The van der Waals surface area contributed by atoms with Gasteiger partial charge in [0.25, 0.3) is 0 Å². The first kappa shape index (κ1) is 14.1. The fourth-order valence-corrected chi connectivity index (χ4v) is 2.37. The highest BCUT2D eigenvalue weighted by molar-refractivity contribution is 5.88. The van der Waals surface area contributed by atoms with Crippen molar-refractivity contribution in [3.8, 4) is 5.69 Å². The minimum atomic E-state index is -0.114. The molecule has 0 radical (unpaired) electrons. The standard InChI is InChI=1S/C15H17N5O2/c21-14-11-19(9-7-16-14)15(22)10-17-12-4-1-2-5-13(12)20-8-3-6-18-20/h1-6,8,17H,7,9-11H2,(H,16,21). The molecule has 1 fully saturated rings. The molecule has 2 heterocycles. The fraction of sp³-hybridized carbons (Fsp3) is 0.267. The Bertz CT molecular complexity index is 668. The van der Waals surface area contributed by atoms with Crippen LogP contribution in [0.2, 0.25) is 0 Å². The smallest absolute Gasteiger partial charge is 0.242 e. The maximum Gasteiger partial charge on any atom is 0.242 e. The Hall–Kier alpha value is -2.83. The average molecular weight is 299 g/mol. The monoisotopic (exact) mass is 299 g/mol. The molecule has 0 unspecified atom stereocenters. The van der Waals surface area contributed by atoms with E-state index in [2.05, 4.69) is 15.7 Å². The molecule has 2 amide bonds. The van der Waals surface area contributed by atoms with Crippen LogP contribution in [0.1, 0.15) is 0 Å². The van der Waals surface area contributed by atoms with Crippen molar-refractivity contribution in [3.63, 3.8) is 0 Å². The van der Waals surface area contributed by atoms with E-state index in [4.69, 9.17) is 0 Å². The van der Waals surface area contributed by atoms with Gasteiger partial charge in [-0.1, -0.05) is 12.1 Å². The highest BCUT2D eigenvalue weighted by Crippen LogP contribution is 2.18. The number of carbonyl (C=O) groups excluding carboxylic acids is 2. The van der Waals surface area contributed by atoms with Gasteiger partial charge in [-0.2, -0.15) is 5.10 Å². The zero-order valence-electron chi connectivity index (χ0n) is 12.0. The van der Waals surface area contributed by atoms with Gasteiger partial charge in [-0.25, -0.2) is 4.68 Å². The Morgan fingerprint density at radius 1 is 1.32 bits per heavy atom. The van der Waals surface area contributed by atoms with Gasteiger partial charge in [0, 0.05) is 25.5 Å². The number of para-hydroxylation sites is 2. The number of carbonyl (C=O) groups is 2. The van der Waals surface area contributed by atoms with Gasteiger partial charge in [-0.05, 0) is 18.2 Å². The fourth-order valence-electron chi connectivity index (χ4n) is 2.37. The minimum absolute atomic E-state index is 0.0925. The van der Waals surface area contributed by atoms with Crippen molar-refractivity contribution < 1.29 is 9.59 Å². The minimum Gasteiger partial charge on any atom is -0.374 e. The van der Waals surface area contributed by atoms with Crippen LogP contribution >= 0.6 is 0 Å². The lowest BCUT2D eigenvalue weighted by Gasteiger charge is -2.27. The predicted molar refractivity (Wildman–Crippen MR) is 81.6 cm³/mol. The third-order valence-corrected chi connectivity index (χ3v) is 3.48. The van der Waals surface area contributed by atoms with Gasteiger partial charge in [-0.3, -0.25) is 9.59 Å². The van der Waals surface area contributed by atoms with Crippen molar-refractivity contribution in [2.75, 3.05) is 31.5 Å². The lowest BCUT2D eigenvalue weighted by atomic mass is 10.2. The molecule has 0 bridgehead atoms. The molecule has 0 atom stereocenters. The van der Waals surface area contributed by atoms with E-state index in [1.54, 1.807) is 15.8 Å². The summed E-state index contributed by atoms with van der Waals surface area (Å²) in [7, 11) is 0. The van der Waals surface area contributed by atoms with Crippen molar-refractivity contribution >= 4 is 17.5 Å². The van der Waals surface area contributed by atoms with Crippen molar-refractivity contribution in [2.45, 2.75) is 0 Å². The van der Waals surface area contributed by atoms with Crippen LogP contribution < -0.4 is 10.6 Å². The number of rotatable bonds is 4. The number of anilines is 1. The summed E-state index contributed by atoms with van der Waals surface area (Å²) in [6.07, 6.45) is 3.55. The zero-order valence-corrected chi connectivity index (χ0v) is 12.0. The maximum atomic E-state index is 12.2. The van der Waals surface area contributed by atoms with E-state index >= 15 is 0 Å². The second kappa shape index (κ2) is 6.30. The molecule has 0 spiro atoms. The molecule has 1 aliphatic heterocycles. The quantitative estimate of drug-likeness (QED) is 0.848. The molecular formula is C15H17N5O2. The first-order valence-corrected chi connectivity index (χ1v) is 7.11. The van der Waals surface area contributed by atoms with Crippen LogP contribution in [0.25, 0.3) is 5.69 Å². The summed E-state index contributed by atoms with van der Waals surface area (Å²) in [5.41, 5.74) is 1.69. The van der Waals surface area contributed by atoms with Crippen LogP contribution in [0, 0.1) is 0 Å². The molecule has 2 N–H and O–H groups in total. The number of nitrogens with zero attached hydrogens (tertiary/aromatic N) is 3. The third-order valence-electron chi connectivity index (χ3n) is 3.48. The Morgan fingerprint density at radius 2 is 2.18 bits per heavy atom. The molecule has 0 aliphatic carbocycles. The van der Waals surface area contributed by atoms with E-state index in [1.165, 1.54) is 0 Å². The van der Waals surface area contributed by atoms with Crippen LogP contribution in [0.4, 0.5) is 5.69 Å². The lowest BCUT2D eigenvalue weighted by molar-refractivity contribution is -0.136. The number of aromatic nitrogens is 2. The maximum absolute atomic E-state index is 12.2. The molecule has 0 saturated carbocycles. The van der Waals surface area contributed by atoms with E-state index in [1.807, 2.05) is 36.5 Å². The summed E-state index contributed by atoms with van der Waals surface area (Å²) in [4.78, 5) is 25.1. The first-order valence-electron chi connectivity index (χ1n) is 7.11. The molecule has 3 rings (SSSR count). The van der Waals surface area contributed by atoms with Gasteiger partial charge in [-0.15, -0.1) is 0 Å². The molecule has 1 aromatic carbocycles. The Morgan fingerprint density at radius 3 is 2.95 bits per heavy atom. The Labute approximate surface area is 127 Å². The van der Waals surface area contributed by atoms with E-state index in [-0.39, 0.29) is 24.9 Å². The molecule has 22 heavy (non-hydrogen) atoms. The number of hydrogen-bond acceptors (Lipinski definition) is 4. The van der Waals surface area contributed by atoms with Crippen molar-refractivity contribution in [1.29, 1.82) is 0 Å². The molecule has 1 aromatic heterocycles. The van der Waals surface area contributed by atoms with E-state index in [0.29, 0.717) is 13.1 Å². The van der Waals surface area contributed by atoms with Crippen molar-refractivity contribution in [1.82, 2.24) is 20.0 Å². The second-order valence-corrected chi connectivity index (χ2v) is 4.99. The summed E-state index contributed by atoms with van der Waals surface area (Å²) < 4.78 is 1.74. The summed E-state index contributed by atoms with van der Waals surface area (Å²) in [6.45, 7) is 1.33. The van der Waals surface area contributed by atoms with Gasteiger partial charge < -0.3 is 15.5 Å². The molecule has 2 aromatic rings. The molecule has 1 saturated heterocycles. The zero-order chi connectivity index (χ0) is 15.4. The molecule has 7 nitrogen and oxygen atoms in total. The van der Waals surface area contributed by atoms with Crippen LogP contribution in [0.3, 0.4) is 0 Å². The number of nitrogens with one attached hydrogen (secondary N) is 2. The van der Waals surface area contributed by atoms with E-state index in [9.17, 15) is 9.59 Å². The first-order chi connectivity index (χ1) is 10.7. The van der Waals surface area contributed by atoms with Crippen molar-refractivity contribution in [2.24, 2.45) is 0 Å². The topological polar surface area (TPSA) is 79.3 Å². The lowest BCUT2D eigenvalue weighted by Crippen LogP contribution is -2.51. The highest BCUT2D eigenvalue weighted by Gasteiger charge is 2.20. The molecule has 7 heteroatoms. The summed E-state index contributed by atoms with van der Waals surface area (Å²) in [5.74, 6) is -0.207. The van der Waals surface area contributed by atoms with Gasteiger partial charge >= 0.3 is 0 Å². The van der Waals surface area contributed by atoms with Crippen LogP contribution in [-0.2, 0) is 9.59 Å². The van der Waals surface area contributed by atoms with Gasteiger partial charge in [0.2, 0.25) is 11.8 Å². The van der Waals surface area contributed by atoms with Gasteiger partial charge in [0.05, 0.1) is 24.5 Å². The summed E-state index contributed by atoms with van der Waals surface area (Å²) in [5, 5.41) is 10.0. The van der Waals surface area contributed by atoms with Crippen LogP contribution in [-0.4, -0.2) is 52.7 Å². The predicted octanol–water partition coefficient (Wildman–Crippen LogP) is 0.243. The molecular weight excluding hydrogens is 282 g/mol. The van der Waals surface area contributed by atoms with Crippen LogP contribution in [0.5, 0.6) is 0 Å². The summed E-state index contributed by atoms with van der Waals surface area (Å²) in [6, 6.07) is 9.47. The van der Waals surface area contributed by atoms with Crippen molar-refractivity contribution in [3.05, 3.63) is 42.7 Å². The normalized spacial score (nSPS) is 14.5. The number of amides is 2. The third kappa shape index (κ3) is 3.08. The number of hydrogen-bond donors (Lipinski definition) is 2. The molecule has 114 valence electrons. The Balaban J connectivity index is 1.67. The molecule has 1 aliphatic rings. The van der Waals surface area contributed by atoms with E-state index in [0.717, 1.165) is 11.4 Å². The number of piperazine rings is 1. The highest BCUT2D eigenvalue weighted by atomic mass is 16.2. The number of benzene rings is 1. The van der Waals surface area contributed by atoms with Crippen LogP contribution in [0.15, 0.2) is 42.7 Å². The Kier molecular flexibility index (Phi) is 4.04. The largest absolute Gasteiger partial charge is 0.374 e. The SMILES string of the molecule is O=C1CN(C(=O)CNc2ccccc2-n2cccn2)CCN1. The average Bonchev–Trinajstić information content (AvgIpc) is 3.07. The van der Waals surface area contributed by atoms with Gasteiger partial charge in [0.1, 0.15) is 0 Å². The summed E-state index contributed by atoms with van der Waals surface area (Å²) >= 11 is 0. The van der Waals surface area contributed by atoms with Gasteiger partial charge in [0.15, 0.2) is 0 Å². The van der Waals surface area contributed by atoms with E-state index < -0.39 is 0 Å².